The maximum Gasteiger partial charge on any atom is 0.315 e. The second kappa shape index (κ2) is 9.07. The average molecular weight is 525 g/mol. The highest BCUT2D eigenvalue weighted by molar-refractivity contribution is 8.04. The molecule has 2 aliphatic heterocycles. The number of methoxy groups -OCH3 is 1. The van der Waals surface area contributed by atoms with Crippen molar-refractivity contribution in [1.29, 1.82) is 0 Å². The van der Waals surface area contributed by atoms with Crippen LogP contribution >= 0.6 is 35.0 Å². The van der Waals surface area contributed by atoms with Gasteiger partial charge in [-0.3, -0.25) is 19.3 Å². The second-order valence-corrected chi connectivity index (χ2v) is 9.77. The predicted octanol–water partition coefficient (Wildman–Crippen LogP) is 5.51. The molecule has 0 saturated heterocycles. The van der Waals surface area contributed by atoms with Crippen LogP contribution in [0.5, 0.6) is 0 Å². The molecule has 0 aromatic heterocycles. The normalized spacial score (nSPS) is 18.8. The SMILES string of the molecule is COC(=O)CSC1=C(c2ccccc2)C2(C(=O)Nc3cc(Cl)ccc32)N(c2cccc(Cl)c2)C1=O. The van der Waals surface area contributed by atoms with E-state index < -0.39 is 23.3 Å². The van der Waals surface area contributed by atoms with Gasteiger partial charge >= 0.3 is 5.97 Å². The van der Waals surface area contributed by atoms with Crippen molar-refractivity contribution >= 4 is 69.7 Å². The van der Waals surface area contributed by atoms with Crippen molar-refractivity contribution in [3.8, 4) is 0 Å². The number of benzene rings is 3. The molecule has 2 heterocycles. The van der Waals surface area contributed by atoms with Gasteiger partial charge in [-0.2, -0.15) is 0 Å². The second-order valence-electron chi connectivity index (χ2n) is 7.91. The molecule has 0 saturated carbocycles. The van der Waals surface area contributed by atoms with Gasteiger partial charge in [0.05, 0.1) is 17.8 Å². The highest BCUT2D eigenvalue weighted by Gasteiger charge is 2.62. The van der Waals surface area contributed by atoms with Crippen LogP contribution in [0, 0.1) is 0 Å². The maximum absolute atomic E-state index is 14.1. The molecule has 1 spiro atoms. The number of nitrogens with zero attached hydrogens (tertiary/aromatic N) is 1. The van der Waals surface area contributed by atoms with E-state index in [2.05, 4.69) is 5.32 Å². The van der Waals surface area contributed by atoms with Gasteiger partial charge in [0.2, 0.25) is 0 Å². The molecule has 3 aromatic rings. The van der Waals surface area contributed by atoms with E-state index in [-0.39, 0.29) is 10.7 Å². The third kappa shape index (κ3) is 3.71. The van der Waals surface area contributed by atoms with Crippen LogP contribution in [0.3, 0.4) is 0 Å². The molecule has 2 aliphatic rings. The predicted molar refractivity (Wildman–Crippen MR) is 139 cm³/mol. The minimum Gasteiger partial charge on any atom is -0.468 e. The minimum atomic E-state index is -1.54. The smallest absolute Gasteiger partial charge is 0.315 e. The molecule has 0 aliphatic carbocycles. The molecule has 0 bridgehead atoms. The molecule has 1 unspecified atom stereocenters. The van der Waals surface area contributed by atoms with E-state index in [1.807, 2.05) is 30.3 Å². The first kappa shape index (κ1) is 23.5. The van der Waals surface area contributed by atoms with E-state index in [0.29, 0.717) is 38.1 Å². The third-order valence-electron chi connectivity index (χ3n) is 5.96. The summed E-state index contributed by atoms with van der Waals surface area (Å²) in [5.74, 6) is -1.41. The fourth-order valence-corrected chi connectivity index (χ4v) is 5.93. The lowest BCUT2D eigenvalue weighted by molar-refractivity contribution is -0.137. The van der Waals surface area contributed by atoms with E-state index in [4.69, 9.17) is 27.9 Å². The van der Waals surface area contributed by atoms with Gasteiger partial charge in [-0.15, -0.1) is 11.8 Å². The van der Waals surface area contributed by atoms with Crippen molar-refractivity contribution in [3.05, 3.63) is 98.9 Å². The van der Waals surface area contributed by atoms with Crippen LogP contribution in [-0.4, -0.2) is 30.6 Å². The van der Waals surface area contributed by atoms with E-state index >= 15 is 0 Å². The topological polar surface area (TPSA) is 75.7 Å². The molecule has 35 heavy (non-hydrogen) atoms. The Morgan fingerprint density at radius 2 is 1.74 bits per heavy atom. The van der Waals surface area contributed by atoms with Gasteiger partial charge in [-0.05, 0) is 35.9 Å². The molecule has 176 valence electrons. The molecule has 1 N–H and O–H groups in total. The Bertz CT molecular complexity index is 1410. The molecular formula is C26H18Cl2N2O4S. The number of carbonyl (C=O) groups is 3. The lowest BCUT2D eigenvalue weighted by Gasteiger charge is -2.36. The van der Waals surface area contributed by atoms with Crippen molar-refractivity contribution in [1.82, 2.24) is 0 Å². The van der Waals surface area contributed by atoms with Crippen molar-refractivity contribution < 1.29 is 19.1 Å². The van der Waals surface area contributed by atoms with Crippen molar-refractivity contribution in [2.75, 3.05) is 23.1 Å². The first-order valence-electron chi connectivity index (χ1n) is 10.6. The number of rotatable bonds is 5. The Morgan fingerprint density at radius 1 is 1.00 bits per heavy atom. The summed E-state index contributed by atoms with van der Waals surface area (Å²) in [6, 6.07) is 21.1. The Hall–Kier alpha value is -3.26. The largest absolute Gasteiger partial charge is 0.468 e. The standard InChI is InChI=1S/C26H18Cl2N2O4S/c1-34-21(31)14-35-23-22(15-6-3-2-4-7-15)26(19-11-10-17(28)13-20(19)29-25(26)33)30(24(23)32)18-9-5-8-16(27)12-18/h2-13H,14H2,1H3,(H,29,33). The van der Waals surface area contributed by atoms with E-state index in [1.54, 1.807) is 42.5 Å². The number of thioether (sulfide) groups is 1. The van der Waals surface area contributed by atoms with Crippen molar-refractivity contribution in [3.63, 3.8) is 0 Å². The number of fused-ring (bicyclic) bond motifs is 2. The molecule has 0 fully saturated rings. The number of halogens is 2. The van der Waals surface area contributed by atoms with Gasteiger partial charge in [-0.25, -0.2) is 0 Å². The number of ether oxygens (including phenoxy) is 1. The van der Waals surface area contributed by atoms with Gasteiger partial charge in [0.15, 0.2) is 5.54 Å². The fraction of sp³-hybridized carbons (Fsp3) is 0.115. The zero-order valence-electron chi connectivity index (χ0n) is 18.4. The summed E-state index contributed by atoms with van der Waals surface area (Å²) in [5, 5.41) is 3.78. The van der Waals surface area contributed by atoms with Gasteiger partial charge in [0.25, 0.3) is 11.8 Å². The highest BCUT2D eigenvalue weighted by Crippen LogP contribution is 2.58. The van der Waals surface area contributed by atoms with Crippen LogP contribution in [0.25, 0.3) is 5.57 Å². The molecule has 3 aromatic carbocycles. The summed E-state index contributed by atoms with van der Waals surface area (Å²) >= 11 is 13.6. The Kier molecular flexibility index (Phi) is 6.09. The maximum atomic E-state index is 14.1. The summed E-state index contributed by atoms with van der Waals surface area (Å²) < 4.78 is 4.80. The fourth-order valence-electron chi connectivity index (χ4n) is 4.57. The molecule has 6 nitrogen and oxygen atoms in total. The van der Waals surface area contributed by atoms with Crippen LogP contribution in [0.4, 0.5) is 11.4 Å². The average Bonchev–Trinajstić information content (AvgIpc) is 3.28. The monoisotopic (exact) mass is 524 g/mol. The number of hydrogen-bond donors (Lipinski definition) is 1. The van der Waals surface area contributed by atoms with Gasteiger partial charge in [0, 0.05) is 32.6 Å². The van der Waals surface area contributed by atoms with E-state index in [0.717, 1.165) is 11.8 Å². The number of esters is 1. The Labute approximate surface area is 215 Å². The van der Waals surface area contributed by atoms with E-state index in [9.17, 15) is 14.4 Å². The lowest BCUT2D eigenvalue weighted by Crippen LogP contribution is -2.50. The summed E-state index contributed by atoms with van der Waals surface area (Å²) in [6.45, 7) is 0. The van der Waals surface area contributed by atoms with Gasteiger partial charge in [0.1, 0.15) is 0 Å². The first-order valence-corrected chi connectivity index (χ1v) is 12.3. The zero-order chi connectivity index (χ0) is 24.7. The Balaban J connectivity index is 1.85. The van der Waals surface area contributed by atoms with Crippen LogP contribution < -0.4 is 10.2 Å². The molecule has 0 radical (unpaired) electrons. The van der Waals surface area contributed by atoms with Gasteiger partial charge < -0.3 is 10.1 Å². The Morgan fingerprint density at radius 3 is 2.46 bits per heavy atom. The molecular weight excluding hydrogens is 507 g/mol. The number of amides is 2. The molecule has 2 amide bonds. The molecule has 5 rings (SSSR count). The van der Waals surface area contributed by atoms with Crippen LogP contribution in [-0.2, 0) is 24.7 Å². The third-order valence-corrected chi connectivity index (χ3v) is 7.48. The van der Waals surface area contributed by atoms with Crippen LogP contribution in [0.1, 0.15) is 11.1 Å². The lowest BCUT2D eigenvalue weighted by atomic mass is 9.80. The quantitative estimate of drug-likeness (QED) is 0.445. The number of hydrogen-bond acceptors (Lipinski definition) is 5. The van der Waals surface area contributed by atoms with Crippen molar-refractivity contribution in [2.45, 2.75) is 5.54 Å². The minimum absolute atomic E-state index is 0.0948. The van der Waals surface area contributed by atoms with Crippen molar-refractivity contribution in [2.24, 2.45) is 0 Å². The summed E-state index contributed by atoms with van der Waals surface area (Å²) in [6.07, 6.45) is 0. The molecule has 1 atom stereocenters. The number of nitrogens with one attached hydrogen (secondary N) is 1. The van der Waals surface area contributed by atoms with E-state index in [1.165, 1.54) is 12.0 Å². The molecule has 9 heteroatoms. The summed E-state index contributed by atoms with van der Waals surface area (Å²) in [4.78, 5) is 41.9. The summed E-state index contributed by atoms with van der Waals surface area (Å²) in [5.41, 5.74) is 1.15. The highest BCUT2D eigenvalue weighted by atomic mass is 35.5. The number of carbonyl (C=O) groups excluding carboxylic acids is 3. The van der Waals surface area contributed by atoms with Gasteiger partial charge in [-0.1, -0.05) is 65.7 Å². The first-order chi connectivity index (χ1) is 16.9. The zero-order valence-corrected chi connectivity index (χ0v) is 20.7. The summed E-state index contributed by atoms with van der Waals surface area (Å²) in [7, 11) is 1.29. The van der Waals surface area contributed by atoms with Crippen LogP contribution in [0.15, 0.2) is 77.7 Å². The van der Waals surface area contributed by atoms with Crippen LogP contribution in [0.2, 0.25) is 10.0 Å². The number of anilines is 2.